The molecule has 0 radical (unpaired) electrons. The number of phenolic OH excluding ortho intramolecular Hbond substituents is 1. The lowest BCUT2D eigenvalue weighted by atomic mass is 10.1. The van der Waals surface area contributed by atoms with E-state index in [0.717, 1.165) is 0 Å². The van der Waals surface area contributed by atoms with Gasteiger partial charge in [-0.1, -0.05) is 0 Å². The number of phenols is 1. The number of rotatable bonds is 13. The highest BCUT2D eigenvalue weighted by atomic mass is 127. The Labute approximate surface area is 370 Å². The van der Waals surface area contributed by atoms with Crippen molar-refractivity contribution in [3.8, 4) is 34.5 Å². The zero-order valence-electron chi connectivity index (χ0n) is 29.5. The fourth-order valence-corrected chi connectivity index (χ4v) is 10.3. The highest BCUT2D eigenvalue weighted by molar-refractivity contribution is 14.1. The van der Waals surface area contributed by atoms with Gasteiger partial charge in [0.1, 0.15) is 34.9 Å². The summed E-state index contributed by atoms with van der Waals surface area (Å²) >= 11 is 13.8. The molecule has 4 aromatic rings. The average Bonchev–Trinajstić information content (AvgIpc) is 3.06. The van der Waals surface area contributed by atoms with Crippen molar-refractivity contribution in [2.75, 3.05) is 0 Å². The van der Waals surface area contributed by atoms with Gasteiger partial charge in [0, 0.05) is 1.37 Å². The van der Waals surface area contributed by atoms with Gasteiger partial charge in [-0.15, -0.1) is 0 Å². The van der Waals surface area contributed by atoms with Gasteiger partial charge in [-0.3, -0.25) is 4.79 Å². The number of esters is 1. The Morgan fingerprint density at radius 2 is 1.20 bits per heavy atom. The van der Waals surface area contributed by atoms with Crippen LogP contribution in [0.15, 0.2) is 54.6 Å². The molecule has 6 N–H and O–H groups in total. The SMILES string of the molecule is [3H]C(c1cc(I)c(Oc2cc(I)c(OC(=O)[C@]([3H])(Cc3cc(I)c(Oc4ccc(O)c(I)c4)c(I)c3)N([3H])[3H])c(I)c2)c(I)c1)[C@@]([3H])(C(=O)O)N([3H])[3H]. The van der Waals surface area contributed by atoms with E-state index in [1.165, 1.54) is 18.2 Å². The summed E-state index contributed by atoms with van der Waals surface area (Å²) in [5, 5.41) is 19.3. The highest BCUT2D eigenvalue weighted by Gasteiger charge is 2.23. The molecule has 0 aliphatic heterocycles. The molecule has 1 unspecified atom stereocenters. The van der Waals surface area contributed by atoms with E-state index in [9.17, 15) is 19.8 Å². The first-order valence-electron chi connectivity index (χ1n) is 15.7. The van der Waals surface area contributed by atoms with Crippen LogP contribution in [0, 0.1) is 25.0 Å². The lowest BCUT2D eigenvalue weighted by Gasteiger charge is -2.17. The van der Waals surface area contributed by atoms with Crippen LogP contribution in [-0.2, 0) is 22.4 Å². The molecule has 242 valence electrons. The van der Waals surface area contributed by atoms with Crippen molar-refractivity contribution < 1.29 is 43.8 Å². The van der Waals surface area contributed by atoms with E-state index in [2.05, 4.69) is 45.2 Å². The molecule has 4 rings (SSSR count). The van der Waals surface area contributed by atoms with Crippen LogP contribution in [0.3, 0.4) is 0 Å². The number of nitrogens with two attached hydrogens (primary N) is 2. The van der Waals surface area contributed by atoms with Crippen LogP contribution in [0.1, 0.15) is 15.2 Å². The number of ether oxygens (including phenoxy) is 3. The van der Waals surface area contributed by atoms with Gasteiger partial charge in [0.05, 0.1) is 27.7 Å². The number of carbonyl (C=O) groups excluding carboxylic acids is 1. The van der Waals surface area contributed by atoms with Crippen molar-refractivity contribution in [3.63, 3.8) is 0 Å². The molecule has 0 heterocycles. The Bertz CT molecular complexity index is 2020. The summed E-state index contributed by atoms with van der Waals surface area (Å²) in [7, 11) is 0. The first-order chi connectivity index (χ1) is 24.6. The van der Waals surface area contributed by atoms with Gasteiger partial charge in [-0.2, -0.15) is 0 Å². The Morgan fingerprint density at radius 1 is 0.717 bits per heavy atom. The standard InChI is InChI=1S/C30H21I7N2O7/c31-16-9-14(1-2-25(16)40)44-26-17(32)5-13(6-18(26)33)8-24(39)30(43)46-28-21(36)10-15(11-22(28)37)45-27-19(34)3-12(4-20(27)35)7-23(38)29(41)42/h1-6,9-11,23-24,40H,7-8,38-39H2,(H,41,42)/t23-,24-/m0/s1/i7T,23T,24T/hT4/t7?,23-,24-. The topological polar surface area (TPSA) is 154 Å². The Hall–Kier alpha value is 0.250. The molecule has 0 saturated carbocycles. The minimum absolute atomic E-state index is 0.00311. The number of carboxylic acids is 1. The predicted molar refractivity (Wildman–Crippen MR) is 233 cm³/mol. The van der Waals surface area contributed by atoms with Crippen LogP contribution >= 0.6 is 158 Å². The molecule has 4 aromatic carbocycles. The van der Waals surface area contributed by atoms with E-state index >= 15 is 0 Å². The van der Waals surface area contributed by atoms with E-state index in [-0.39, 0.29) is 34.9 Å². The molecule has 0 amide bonds. The van der Waals surface area contributed by atoms with Crippen LogP contribution in [0.25, 0.3) is 0 Å². The first-order valence-corrected chi connectivity index (χ1v) is 19.9. The normalized spacial score (nSPS) is 16.8. The van der Waals surface area contributed by atoms with Gasteiger partial charge >= 0.3 is 11.9 Å². The summed E-state index contributed by atoms with van der Waals surface area (Å²) in [5.41, 5.74) is 0.253. The van der Waals surface area contributed by atoms with Gasteiger partial charge < -0.3 is 35.9 Å². The van der Waals surface area contributed by atoms with E-state index in [4.69, 9.17) is 24.0 Å². The van der Waals surface area contributed by atoms with Gasteiger partial charge in [0.15, 0.2) is 17.2 Å². The van der Waals surface area contributed by atoms with Crippen LogP contribution in [0.4, 0.5) is 0 Å². The molecule has 0 bridgehead atoms. The van der Waals surface area contributed by atoms with E-state index in [1.54, 1.807) is 36.4 Å². The Balaban J connectivity index is 1.55. The molecule has 0 saturated heterocycles. The Morgan fingerprint density at radius 3 is 1.70 bits per heavy atom. The number of hydrogen-bond acceptors (Lipinski definition) is 8. The molecule has 9 nitrogen and oxygen atoms in total. The van der Waals surface area contributed by atoms with Crippen molar-refractivity contribution in [2.45, 2.75) is 24.9 Å². The molecule has 0 aromatic heterocycles. The summed E-state index contributed by atoms with van der Waals surface area (Å²) in [6.07, 6.45) is -2.16. The van der Waals surface area contributed by atoms with Crippen molar-refractivity contribution >= 4 is 170 Å². The number of halogens is 7. The maximum atomic E-state index is 13.6. The van der Waals surface area contributed by atoms with E-state index < -0.39 is 30.4 Å². The van der Waals surface area contributed by atoms with Crippen molar-refractivity contribution in [3.05, 3.63) is 90.7 Å². The average molecular weight is 1420 g/mol. The monoisotopic (exact) mass is 1420 g/mol. The van der Waals surface area contributed by atoms with Gasteiger partial charge in [-0.25, -0.2) is 4.79 Å². The highest BCUT2D eigenvalue weighted by Crippen LogP contribution is 2.38. The number of benzene rings is 4. The number of hydrogen-bond donors (Lipinski definition) is 4. The molecule has 16 heteroatoms. The summed E-state index contributed by atoms with van der Waals surface area (Å²) in [6.45, 7) is 0. The zero-order valence-corrected chi connectivity index (χ0v) is 37.6. The number of carbonyl (C=O) groups is 2. The fraction of sp³-hybridized carbons (Fsp3) is 0.133. The molecular formula is C30H21I7N2O7. The quantitative estimate of drug-likeness (QED) is 0.0586. The predicted octanol–water partition coefficient (Wildman–Crippen LogP) is 8.64. The Kier molecular flexibility index (Phi) is 11.4. The second-order valence-electron chi connectivity index (χ2n) is 9.08. The molecule has 0 fully saturated rings. The molecule has 0 spiro atoms. The van der Waals surface area contributed by atoms with Crippen molar-refractivity contribution in [1.82, 2.24) is 0 Å². The van der Waals surface area contributed by atoms with Crippen LogP contribution < -0.4 is 25.7 Å². The third kappa shape index (κ3) is 10.4. The second-order valence-corrected chi connectivity index (χ2v) is 17.2. The van der Waals surface area contributed by atoms with Crippen molar-refractivity contribution in [1.29, 1.82) is 0 Å². The smallest absolute Gasteiger partial charge is 0.328 e. The van der Waals surface area contributed by atoms with E-state index in [1.807, 2.05) is 113 Å². The maximum absolute atomic E-state index is 13.6. The van der Waals surface area contributed by atoms with E-state index in [0.29, 0.717) is 53.6 Å². The summed E-state index contributed by atoms with van der Waals surface area (Å²) < 4.78 is 77.7. The minimum atomic E-state index is -2.88. The molecule has 0 aliphatic rings. The summed E-state index contributed by atoms with van der Waals surface area (Å²) in [6, 6.07) is 8.88. The minimum Gasteiger partial charge on any atom is -0.507 e. The number of aliphatic carboxylic acids is 1. The lowest BCUT2D eigenvalue weighted by molar-refractivity contribution is -0.138. The van der Waals surface area contributed by atoms with Crippen LogP contribution in [-0.4, -0.2) is 34.2 Å². The fourth-order valence-electron chi connectivity index (χ4n) is 3.69. The molecule has 0 aliphatic carbocycles. The third-order valence-electron chi connectivity index (χ3n) is 5.73. The molecule has 3 atom stereocenters. The van der Waals surface area contributed by atoms with Gasteiger partial charge in [0.25, 0.3) is 0 Å². The van der Waals surface area contributed by atoms with Crippen LogP contribution in [0.2, 0.25) is 5.65 Å². The number of carboxylic acid groups (broad SMARTS) is 1. The second kappa shape index (κ2) is 17.5. The third-order valence-corrected chi connectivity index (χ3v) is 11.4. The zero-order chi connectivity index (χ0) is 39.7. The van der Waals surface area contributed by atoms with Gasteiger partial charge in [0.2, 0.25) is 0 Å². The summed E-state index contributed by atoms with van der Waals surface area (Å²) in [5.74, 6) is -1.07. The lowest BCUT2D eigenvalue weighted by Crippen LogP contribution is -2.36. The maximum Gasteiger partial charge on any atom is 0.328 e. The molecular weight excluding hydrogens is 1390 g/mol. The molecule has 46 heavy (non-hydrogen) atoms. The van der Waals surface area contributed by atoms with Crippen molar-refractivity contribution in [2.24, 2.45) is 11.4 Å². The van der Waals surface area contributed by atoms with Gasteiger partial charge in [-0.05, 0) is 237 Å². The largest absolute Gasteiger partial charge is 0.507 e. The number of aromatic hydroxyl groups is 1. The summed E-state index contributed by atoms with van der Waals surface area (Å²) in [4.78, 5) is 25.3. The first kappa shape index (κ1) is 29.9. The van der Waals surface area contributed by atoms with Crippen LogP contribution in [0.5, 0.6) is 34.5 Å².